The molecule has 0 spiro atoms. The number of fused-ring (bicyclic) bond motifs is 1. The number of amides is 2. The van der Waals surface area contributed by atoms with Crippen LogP contribution < -0.4 is 14.9 Å². The van der Waals surface area contributed by atoms with Gasteiger partial charge in [0.15, 0.2) is 0 Å². The molecule has 1 aromatic rings. The van der Waals surface area contributed by atoms with Crippen LogP contribution in [0, 0.1) is 0 Å². The van der Waals surface area contributed by atoms with Gasteiger partial charge < -0.3 is 15.5 Å². The molecule has 0 radical (unpaired) electrons. The van der Waals surface area contributed by atoms with Crippen molar-refractivity contribution in [3.05, 3.63) is 23.8 Å². The van der Waals surface area contributed by atoms with Gasteiger partial charge in [0.05, 0.1) is 11.9 Å². The summed E-state index contributed by atoms with van der Waals surface area (Å²) in [6, 6.07) is 5.06. The van der Waals surface area contributed by atoms with Crippen LogP contribution in [-0.2, 0) is 26.0 Å². The number of carbonyl (C=O) groups excluding carboxylic acids is 2. The Morgan fingerprint density at radius 1 is 1.24 bits per heavy atom. The SMILES string of the molecule is CN(C)CCNC(=O)C(=O)Nc1ccc2c(c1)N(S(C)(=O)=O)CCC2. The summed E-state index contributed by atoms with van der Waals surface area (Å²) in [6.45, 7) is 1.40. The van der Waals surface area contributed by atoms with Crippen molar-refractivity contribution >= 4 is 33.2 Å². The number of likely N-dealkylation sites (N-methyl/N-ethyl adjacent to an activating group) is 1. The normalized spacial score (nSPS) is 14.2. The number of hydrogen-bond donors (Lipinski definition) is 2. The Balaban J connectivity index is 2.09. The lowest BCUT2D eigenvalue weighted by Gasteiger charge is -2.29. The maximum absolute atomic E-state index is 12.0. The number of sulfonamides is 1. The van der Waals surface area contributed by atoms with Gasteiger partial charge in [-0.2, -0.15) is 0 Å². The molecule has 9 heteroatoms. The van der Waals surface area contributed by atoms with Crippen molar-refractivity contribution in [1.29, 1.82) is 0 Å². The van der Waals surface area contributed by atoms with Gasteiger partial charge in [-0.3, -0.25) is 13.9 Å². The van der Waals surface area contributed by atoms with E-state index < -0.39 is 21.8 Å². The van der Waals surface area contributed by atoms with Crippen molar-refractivity contribution in [1.82, 2.24) is 10.2 Å². The van der Waals surface area contributed by atoms with E-state index in [4.69, 9.17) is 0 Å². The average molecular weight is 368 g/mol. The third-order valence-corrected chi connectivity index (χ3v) is 5.05. The second-order valence-corrected chi connectivity index (χ2v) is 8.20. The summed E-state index contributed by atoms with van der Waals surface area (Å²) >= 11 is 0. The first kappa shape index (κ1) is 19.2. The number of hydrogen-bond acceptors (Lipinski definition) is 5. The average Bonchev–Trinajstić information content (AvgIpc) is 2.52. The molecule has 0 atom stereocenters. The molecule has 0 bridgehead atoms. The molecule has 1 aliphatic rings. The van der Waals surface area contributed by atoms with E-state index in [0.29, 0.717) is 31.0 Å². The number of benzene rings is 1. The largest absolute Gasteiger partial charge is 0.347 e. The highest BCUT2D eigenvalue weighted by molar-refractivity contribution is 7.92. The fraction of sp³-hybridized carbons (Fsp3) is 0.500. The number of nitrogens with one attached hydrogen (secondary N) is 2. The van der Waals surface area contributed by atoms with E-state index in [9.17, 15) is 18.0 Å². The van der Waals surface area contributed by atoms with Gasteiger partial charge in [-0.15, -0.1) is 0 Å². The molecular weight excluding hydrogens is 344 g/mol. The van der Waals surface area contributed by atoms with Gasteiger partial charge in [-0.05, 0) is 44.6 Å². The number of aryl methyl sites for hydroxylation is 1. The molecule has 0 aromatic heterocycles. The van der Waals surface area contributed by atoms with Crippen molar-refractivity contribution in [2.45, 2.75) is 12.8 Å². The summed E-state index contributed by atoms with van der Waals surface area (Å²) in [5.74, 6) is -1.50. The van der Waals surface area contributed by atoms with Gasteiger partial charge in [0.25, 0.3) is 0 Å². The van der Waals surface area contributed by atoms with Crippen LogP contribution in [0.15, 0.2) is 18.2 Å². The van der Waals surface area contributed by atoms with Crippen LogP contribution in [0.1, 0.15) is 12.0 Å². The molecule has 0 aliphatic carbocycles. The smallest absolute Gasteiger partial charge is 0.313 e. The van der Waals surface area contributed by atoms with Gasteiger partial charge >= 0.3 is 11.8 Å². The van der Waals surface area contributed by atoms with E-state index in [2.05, 4.69) is 10.6 Å². The quantitative estimate of drug-likeness (QED) is 0.714. The molecule has 2 amide bonds. The van der Waals surface area contributed by atoms with Crippen molar-refractivity contribution < 1.29 is 18.0 Å². The standard InChI is InChI=1S/C16H24N4O4S/c1-19(2)10-8-17-15(21)16(22)18-13-7-6-12-5-4-9-20(14(12)11-13)25(3,23)24/h6-7,11H,4-5,8-10H2,1-3H3,(H,17,21)(H,18,22). The van der Waals surface area contributed by atoms with E-state index in [0.717, 1.165) is 24.7 Å². The summed E-state index contributed by atoms with van der Waals surface area (Å²) in [6.07, 6.45) is 2.69. The maximum Gasteiger partial charge on any atom is 0.313 e. The van der Waals surface area contributed by atoms with Gasteiger partial charge in [-0.25, -0.2) is 8.42 Å². The highest BCUT2D eigenvalue weighted by Gasteiger charge is 2.24. The summed E-state index contributed by atoms with van der Waals surface area (Å²) in [4.78, 5) is 25.6. The van der Waals surface area contributed by atoms with Crippen LogP contribution >= 0.6 is 0 Å². The van der Waals surface area contributed by atoms with Crippen molar-refractivity contribution in [3.63, 3.8) is 0 Å². The van der Waals surface area contributed by atoms with Gasteiger partial charge in [0.2, 0.25) is 10.0 Å². The monoisotopic (exact) mass is 368 g/mol. The Bertz CT molecular complexity index is 761. The Morgan fingerprint density at radius 3 is 2.60 bits per heavy atom. The Labute approximate surface area is 148 Å². The van der Waals surface area contributed by atoms with Crippen LogP contribution in [0.5, 0.6) is 0 Å². The summed E-state index contributed by atoms with van der Waals surface area (Å²) in [5, 5.41) is 5.05. The maximum atomic E-state index is 12.0. The van der Waals surface area contributed by atoms with Gasteiger partial charge in [0.1, 0.15) is 0 Å². The van der Waals surface area contributed by atoms with Crippen molar-refractivity contribution in [2.75, 3.05) is 49.6 Å². The van der Waals surface area contributed by atoms with Crippen LogP contribution in [0.2, 0.25) is 0 Å². The molecule has 1 aromatic carbocycles. The number of rotatable bonds is 5. The fourth-order valence-electron chi connectivity index (χ4n) is 2.62. The lowest BCUT2D eigenvalue weighted by atomic mass is 10.0. The Morgan fingerprint density at radius 2 is 1.96 bits per heavy atom. The Hall–Kier alpha value is -2.13. The predicted octanol–water partition coefficient (Wildman–Crippen LogP) is 0.0151. The van der Waals surface area contributed by atoms with Crippen molar-refractivity contribution in [2.24, 2.45) is 0 Å². The molecule has 25 heavy (non-hydrogen) atoms. The number of anilines is 2. The lowest BCUT2D eigenvalue weighted by molar-refractivity contribution is -0.136. The van der Waals surface area contributed by atoms with E-state index in [-0.39, 0.29) is 0 Å². The summed E-state index contributed by atoms with van der Waals surface area (Å²) < 4.78 is 25.2. The molecule has 1 heterocycles. The third-order valence-electron chi connectivity index (χ3n) is 3.87. The molecule has 1 aliphatic heterocycles. The minimum atomic E-state index is -3.38. The first-order valence-corrected chi connectivity index (χ1v) is 9.88. The topological polar surface area (TPSA) is 98.8 Å². The van der Waals surface area contributed by atoms with Gasteiger partial charge in [-0.1, -0.05) is 6.07 Å². The zero-order valence-corrected chi connectivity index (χ0v) is 15.5. The molecule has 0 saturated heterocycles. The molecular formula is C16H24N4O4S. The summed E-state index contributed by atoms with van der Waals surface area (Å²) in [5.41, 5.74) is 1.85. The zero-order valence-electron chi connectivity index (χ0n) is 14.7. The molecule has 138 valence electrons. The first-order chi connectivity index (χ1) is 11.7. The van der Waals surface area contributed by atoms with Crippen LogP contribution in [0.3, 0.4) is 0 Å². The third kappa shape index (κ3) is 5.17. The summed E-state index contributed by atoms with van der Waals surface area (Å²) in [7, 11) is 0.352. The van der Waals surface area contributed by atoms with E-state index >= 15 is 0 Å². The van der Waals surface area contributed by atoms with Crippen LogP contribution in [0.4, 0.5) is 11.4 Å². The van der Waals surface area contributed by atoms with Gasteiger partial charge in [0, 0.05) is 25.3 Å². The molecule has 0 saturated carbocycles. The molecule has 2 rings (SSSR count). The van der Waals surface area contributed by atoms with E-state index in [1.807, 2.05) is 19.0 Å². The van der Waals surface area contributed by atoms with E-state index in [1.54, 1.807) is 18.2 Å². The Kier molecular flexibility index (Phi) is 6.02. The second-order valence-electron chi connectivity index (χ2n) is 6.30. The highest BCUT2D eigenvalue weighted by Crippen LogP contribution is 2.31. The highest BCUT2D eigenvalue weighted by atomic mass is 32.2. The van der Waals surface area contributed by atoms with Crippen LogP contribution in [0.25, 0.3) is 0 Å². The minimum absolute atomic E-state index is 0.366. The molecule has 0 fully saturated rings. The second kappa shape index (κ2) is 7.83. The van der Waals surface area contributed by atoms with Crippen LogP contribution in [-0.4, -0.2) is 65.1 Å². The number of carbonyl (C=O) groups is 2. The minimum Gasteiger partial charge on any atom is -0.347 e. The fourth-order valence-corrected chi connectivity index (χ4v) is 3.61. The molecule has 2 N–H and O–H groups in total. The molecule has 8 nitrogen and oxygen atoms in total. The van der Waals surface area contributed by atoms with E-state index in [1.165, 1.54) is 4.31 Å². The predicted molar refractivity (Wildman–Crippen MR) is 97.1 cm³/mol. The zero-order chi connectivity index (χ0) is 18.6. The first-order valence-electron chi connectivity index (χ1n) is 8.03. The molecule has 0 unspecified atom stereocenters. The lowest BCUT2D eigenvalue weighted by Crippen LogP contribution is -2.39. The number of nitrogens with zero attached hydrogens (tertiary/aromatic N) is 2. The van der Waals surface area contributed by atoms with Crippen molar-refractivity contribution in [3.8, 4) is 0 Å².